The SMILES string of the molecule is COc1ccc(F)cc1NCC1CCOC1. The van der Waals surface area contributed by atoms with E-state index in [1.54, 1.807) is 13.2 Å². The Morgan fingerprint density at radius 3 is 3.12 bits per heavy atom. The van der Waals surface area contributed by atoms with Crippen LogP contribution in [0.4, 0.5) is 10.1 Å². The van der Waals surface area contributed by atoms with E-state index < -0.39 is 0 Å². The van der Waals surface area contributed by atoms with Crippen molar-refractivity contribution >= 4 is 5.69 Å². The van der Waals surface area contributed by atoms with Crippen LogP contribution in [-0.4, -0.2) is 26.9 Å². The van der Waals surface area contributed by atoms with E-state index in [-0.39, 0.29) is 5.82 Å². The lowest BCUT2D eigenvalue weighted by atomic mass is 10.1. The first-order valence-corrected chi connectivity index (χ1v) is 5.45. The zero-order valence-electron chi connectivity index (χ0n) is 9.33. The van der Waals surface area contributed by atoms with Gasteiger partial charge in [0.25, 0.3) is 0 Å². The Bertz CT molecular complexity index is 351. The standard InChI is InChI=1S/C12H16FNO2/c1-15-12-3-2-10(13)6-11(12)14-7-9-4-5-16-8-9/h2-3,6,9,14H,4-5,7-8H2,1H3. The van der Waals surface area contributed by atoms with Gasteiger partial charge in [0.2, 0.25) is 0 Å². The monoisotopic (exact) mass is 225 g/mol. The van der Waals surface area contributed by atoms with Gasteiger partial charge in [-0.25, -0.2) is 4.39 Å². The van der Waals surface area contributed by atoms with E-state index in [1.165, 1.54) is 12.1 Å². The van der Waals surface area contributed by atoms with Crippen molar-refractivity contribution in [2.24, 2.45) is 5.92 Å². The van der Waals surface area contributed by atoms with Gasteiger partial charge >= 0.3 is 0 Å². The summed E-state index contributed by atoms with van der Waals surface area (Å²) >= 11 is 0. The summed E-state index contributed by atoms with van der Waals surface area (Å²) in [5.41, 5.74) is 0.703. The highest BCUT2D eigenvalue weighted by molar-refractivity contribution is 5.56. The van der Waals surface area contributed by atoms with Gasteiger partial charge in [-0.3, -0.25) is 0 Å². The molecule has 1 atom stereocenters. The van der Waals surface area contributed by atoms with Gasteiger partial charge < -0.3 is 14.8 Å². The molecule has 88 valence electrons. The molecule has 0 amide bonds. The van der Waals surface area contributed by atoms with Crippen LogP contribution in [0.3, 0.4) is 0 Å². The summed E-state index contributed by atoms with van der Waals surface area (Å²) in [7, 11) is 1.58. The fraction of sp³-hybridized carbons (Fsp3) is 0.500. The molecule has 1 heterocycles. The number of hydrogen-bond acceptors (Lipinski definition) is 3. The van der Waals surface area contributed by atoms with Gasteiger partial charge in [-0.15, -0.1) is 0 Å². The van der Waals surface area contributed by atoms with Crippen LogP contribution in [0.15, 0.2) is 18.2 Å². The van der Waals surface area contributed by atoms with Crippen LogP contribution < -0.4 is 10.1 Å². The predicted octanol–water partition coefficient (Wildman–Crippen LogP) is 2.28. The van der Waals surface area contributed by atoms with Crippen LogP contribution >= 0.6 is 0 Å². The summed E-state index contributed by atoms with van der Waals surface area (Å²) in [6.45, 7) is 2.40. The first-order chi connectivity index (χ1) is 7.79. The lowest BCUT2D eigenvalue weighted by Crippen LogP contribution is -2.14. The highest BCUT2D eigenvalue weighted by Gasteiger charge is 2.15. The average Bonchev–Trinajstić information content (AvgIpc) is 2.79. The van der Waals surface area contributed by atoms with Crippen molar-refractivity contribution in [1.29, 1.82) is 0 Å². The molecular formula is C12H16FNO2. The molecule has 1 N–H and O–H groups in total. The van der Waals surface area contributed by atoms with Gasteiger partial charge in [0, 0.05) is 25.1 Å². The van der Waals surface area contributed by atoms with E-state index in [9.17, 15) is 4.39 Å². The number of anilines is 1. The third-order valence-electron chi connectivity index (χ3n) is 2.77. The smallest absolute Gasteiger partial charge is 0.142 e. The van der Waals surface area contributed by atoms with Gasteiger partial charge in [0.15, 0.2) is 0 Å². The average molecular weight is 225 g/mol. The summed E-state index contributed by atoms with van der Waals surface area (Å²) in [6, 6.07) is 4.47. The number of methoxy groups -OCH3 is 1. The third-order valence-corrected chi connectivity index (χ3v) is 2.77. The molecule has 1 saturated heterocycles. The van der Waals surface area contributed by atoms with Crippen molar-refractivity contribution in [3.05, 3.63) is 24.0 Å². The van der Waals surface area contributed by atoms with Crippen molar-refractivity contribution in [2.45, 2.75) is 6.42 Å². The minimum absolute atomic E-state index is 0.258. The molecule has 1 aliphatic heterocycles. The Balaban J connectivity index is 1.98. The summed E-state index contributed by atoms with van der Waals surface area (Å²) in [5, 5.41) is 3.20. The van der Waals surface area contributed by atoms with Gasteiger partial charge in [-0.05, 0) is 18.6 Å². The molecule has 0 aromatic heterocycles. The number of ether oxygens (including phenoxy) is 2. The Morgan fingerprint density at radius 1 is 1.56 bits per heavy atom. The maximum atomic E-state index is 13.1. The quantitative estimate of drug-likeness (QED) is 0.852. The molecule has 2 rings (SSSR count). The minimum atomic E-state index is -0.258. The number of benzene rings is 1. The molecular weight excluding hydrogens is 209 g/mol. The second-order valence-corrected chi connectivity index (χ2v) is 3.96. The summed E-state index contributed by atoms with van der Waals surface area (Å²) in [4.78, 5) is 0. The maximum absolute atomic E-state index is 13.1. The lowest BCUT2D eigenvalue weighted by Gasteiger charge is -2.13. The number of rotatable bonds is 4. The zero-order chi connectivity index (χ0) is 11.4. The molecule has 0 spiro atoms. The minimum Gasteiger partial charge on any atom is -0.495 e. The first kappa shape index (κ1) is 11.2. The van der Waals surface area contributed by atoms with Gasteiger partial charge in [0.05, 0.1) is 19.4 Å². The van der Waals surface area contributed by atoms with Crippen LogP contribution in [0, 0.1) is 11.7 Å². The van der Waals surface area contributed by atoms with Crippen molar-refractivity contribution in [1.82, 2.24) is 0 Å². The fourth-order valence-corrected chi connectivity index (χ4v) is 1.82. The van der Waals surface area contributed by atoms with Crippen LogP contribution in [0.5, 0.6) is 5.75 Å². The number of hydrogen-bond donors (Lipinski definition) is 1. The van der Waals surface area contributed by atoms with E-state index in [0.29, 0.717) is 17.4 Å². The molecule has 0 radical (unpaired) electrons. The van der Waals surface area contributed by atoms with Crippen LogP contribution in [0.25, 0.3) is 0 Å². The van der Waals surface area contributed by atoms with Crippen LogP contribution in [0.2, 0.25) is 0 Å². The van der Waals surface area contributed by atoms with Crippen molar-refractivity contribution < 1.29 is 13.9 Å². The van der Waals surface area contributed by atoms with E-state index >= 15 is 0 Å². The molecule has 0 aliphatic carbocycles. The van der Waals surface area contributed by atoms with Crippen LogP contribution in [0.1, 0.15) is 6.42 Å². The van der Waals surface area contributed by atoms with Crippen molar-refractivity contribution in [3.63, 3.8) is 0 Å². The third kappa shape index (κ3) is 2.64. The van der Waals surface area contributed by atoms with Crippen LogP contribution in [-0.2, 0) is 4.74 Å². The van der Waals surface area contributed by atoms with Gasteiger partial charge in [0.1, 0.15) is 11.6 Å². The molecule has 1 aromatic rings. The second kappa shape index (κ2) is 5.16. The Morgan fingerprint density at radius 2 is 2.44 bits per heavy atom. The number of halogens is 1. The first-order valence-electron chi connectivity index (χ1n) is 5.45. The predicted molar refractivity (Wildman–Crippen MR) is 60.4 cm³/mol. The maximum Gasteiger partial charge on any atom is 0.142 e. The highest BCUT2D eigenvalue weighted by atomic mass is 19.1. The molecule has 1 aliphatic rings. The van der Waals surface area contributed by atoms with Crippen molar-refractivity contribution in [2.75, 3.05) is 32.2 Å². The van der Waals surface area contributed by atoms with E-state index in [0.717, 1.165) is 26.2 Å². The molecule has 1 aromatic carbocycles. The molecule has 16 heavy (non-hydrogen) atoms. The molecule has 3 nitrogen and oxygen atoms in total. The topological polar surface area (TPSA) is 30.5 Å². The second-order valence-electron chi connectivity index (χ2n) is 3.96. The van der Waals surface area contributed by atoms with Gasteiger partial charge in [-0.1, -0.05) is 0 Å². The zero-order valence-corrected chi connectivity index (χ0v) is 9.33. The molecule has 0 bridgehead atoms. The molecule has 0 saturated carbocycles. The largest absolute Gasteiger partial charge is 0.495 e. The summed E-state index contributed by atoms with van der Waals surface area (Å²) < 4.78 is 23.5. The summed E-state index contributed by atoms with van der Waals surface area (Å²) in [5.74, 6) is 0.916. The molecule has 4 heteroatoms. The highest BCUT2D eigenvalue weighted by Crippen LogP contribution is 2.25. The van der Waals surface area contributed by atoms with Crippen molar-refractivity contribution in [3.8, 4) is 5.75 Å². The van der Waals surface area contributed by atoms with Gasteiger partial charge in [-0.2, -0.15) is 0 Å². The van der Waals surface area contributed by atoms with E-state index in [4.69, 9.17) is 9.47 Å². The van der Waals surface area contributed by atoms with E-state index in [1.807, 2.05) is 0 Å². The van der Waals surface area contributed by atoms with E-state index in [2.05, 4.69) is 5.32 Å². The fourth-order valence-electron chi connectivity index (χ4n) is 1.82. The Hall–Kier alpha value is -1.29. The summed E-state index contributed by atoms with van der Waals surface area (Å²) in [6.07, 6.45) is 1.06. The molecule has 1 fully saturated rings. The molecule has 1 unspecified atom stereocenters. The number of nitrogens with one attached hydrogen (secondary N) is 1. The Labute approximate surface area is 94.6 Å². The normalized spacial score (nSPS) is 19.8. The lowest BCUT2D eigenvalue weighted by molar-refractivity contribution is 0.187. The Kier molecular flexibility index (Phi) is 3.62.